The minimum absolute atomic E-state index is 0. The van der Waals surface area contributed by atoms with Crippen molar-refractivity contribution in [2.75, 3.05) is 52.4 Å². The molecule has 2 N–H and O–H groups in total. The number of nitrogens with one attached hydrogen (secondary N) is 2. The fraction of sp³-hybridized carbons (Fsp3) is 0.933. The molecular formula is C15H30Cl2N4O. The number of carbonyl (C=O) groups excluding carboxylic acids is 1. The summed E-state index contributed by atoms with van der Waals surface area (Å²) in [6, 6.07) is 0.441. The largest absolute Gasteiger partial charge is 0.336 e. The molecule has 2 atom stereocenters. The van der Waals surface area contributed by atoms with Gasteiger partial charge in [0.15, 0.2) is 0 Å². The Morgan fingerprint density at radius 3 is 2.73 bits per heavy atom. The van der Waals surface area contributed by atoms with Crippen LogP contribution >= 0.6 is 24.8 Å². The first kappa shape index (κ1) is 20.0. The first-order valence-electron chi connectivity index (χ1n) is 8.10. The van der Waals surface area contributed by atoms with Gasteiger partial charge in [0, 0.05) is 38.8 Å². The molecule has 3 fully saturated rings. The molecule has 0 aliphatic carbocycles. The third-order valence-electron chi connectivity index (χ3n) is 5.11. The number of nitrogens with zero attached hydrogens (tertiary/aromatic N) is 2. The zero-order chi connectivity index (χ0) is 14.0. The van der Waals surface area contributed by atoms with E-state index in [-0.39, 0.29) is 30.7 Å². The fourth-order valence-electron chi connectivity index (χ4n) is 3.98. The predicted molar refractivity (Wildman–Crippen MR) is 94.1 cm³/mol. The number of piperidine rings is 1. The van der Waals surface area contributed by atoms with Crippen molar-refractivity contribution in [1.82, 2.24) is 20.4 Å². The molecule has 22 heavy (non-hydrogen) atoms. The number of hydrogen-bond donors (Lipinski definition) is 2. The van der Waals surface area contributed by atoms with Crippen LogP contribution in [0.2, 0.25) is 0 Å². The van der Waals surface area contributed by atoms with Gasteiger partial charge in [0.1, 0.15) is 0 Å². The molecule has 1 amide bonds. The highest BCUT2D eigenvalue weighted by molar-refractivity contribution is 5.85. The molecule has 0 spiro atoms. The minimum atomic E-state index is 0. The van der Waals surface area contributed by atoms with Crippen LogP contribution in [-0.2, 0) is 4.79 Å². The van der Waals surface area contributed by atoms with Crippen LogP contribution in [0.15, 0.2) is 0 Å². The van der Waals surface area contributed by atoms with E-state index >= 15 is 0 Å². The molecule has 0 radical (unpaired) electrons. The standard InChI is InChI=1S/C15H28N4O.2ClH/c1-15(4-5-17-11-15)12-18-7-2-3-13(10-18)19-8-6-16-9-14(19)20;;/h13,16-17H,2-12H2,1H3;2*1H. The molecule has 0 saturated carbocycles. The second-order valence-corrected chi connectivity index (χ2v) is 7.03. The summed E-state index contributed by atoms with van der Waals surface area (Å²) < 4.78 is 0. The first-order chi connectivity index (χ1) is 9.66. The van der Waals surface area contributed by atoms with Crippen LogP contribution in [0.4, 0.5) is 0 Å². The van der Waals surface area contributed by atoms with Gasteiger partial charge in [-0.25, -0.2) is 0 Å². The van der Waals surface area contributed by atoms with E-state index in [2.05, 4.69) is 27.4 Å². The van der Waals surface area contributed by atoms with Crippen molar-refractivity contribution < 1.29 is 4.79 Å². The SMILES string of the molecule is CC1(CN2CCCC(N3CCNCC3=O)C2)CCNC1.Cl.Cl. The number of rotatable bonds is 3. The number of hydrogen-bond acceptors (Lipinski definition) is 4. The Morgan fingerprint density at radius 1 is 1.23 bits per heavy atom. The third kappa shape index (κ3) is 4.71. The zero-order valence-corrected chi connectivity index (χ0v) is 15.1. The summed E-state index contributed by atoms with van der Waals surface area (Å²) in [6.45, 7) is 10.5. The van der Waals surface area contributed by atoms with Crippen LogP contribution < -0.4 is 10.6 Å². The van der Waals surface area contributed by atoms with Gasteiger partial charge >= 0.3 is 0 Å². The summed E-state index contributed by atoms with van der Waals surface area (Å²) in [4.78, 5) is 16.8. The maximum Gasteiger partial charge on any atom is 0.236 e. The molecule has 0 aromatic rings. The lowest BCUT2D eigenvalue weighted by Gasteiger charge is -2.43. The van der Waals surface area contributed by atoms with Gasteiger partial charge in [-0.3, -0.25) is 4.79 Å². The van der Waals surface area contributed by atoms with E-state index in [0.717, 1.165) is 32.7 Å². The minimum Gasteiger partial charge on any atom is -0.336 e. The number of carbonyl (C=O) groups is 1. The summed E-state index contributed by atoms with van der Waals surface area (Å²) >= 11 is 0. The molecule has 2 unspecified atom stereocenters. The van der Waals surface area contributed by atoms with Crippen molar-refractivity contribution in [3.05, 3.63) is 0 Å². The molecule has 3 heterocycles. The van der Waals surface area contributed by atoms with Crippen LogP contribution in [0.5, 0.6) is 0 Å². The second-order valence-electron chi connectivity index (χ2n) is 7.03. The van der Waals surface area contributed by atoms with Gasteiger partial charge in [-0.15, -0.1) is 24.8 Å². The van der Waals surface area contributed by atoms with E-state index < -0.39 is 0 Å². The lowest BCUT2D eigenvalue weighted by Crippen LogP contribution is -2.57. The van der Waals surface area contributed by atoms with Crippen LogP contribution in [0.25, 0.3) is 0 Å². The quantitative estimate of drug-likeness (QED) is 0.785. The second kappa shape index (κ2) is 8.69. The third-order valence-corrected chi connectivity index (χ3v) is 5.11. The zero-order valence-electron chi connectivity index (χ0n) is 13.5. The Balaban J connectivity index is 0.00000121. The van der Waals surface area contributed by atoms with Gasteiger partial charge in [-0.1, -0.05) is 6.92 Å². The Bertz CT molecular complexity index is 363. The number of likely N-dealkylation sites (tertiary alicyclic amines) is 1. The van der Waals surface area contributed by atoms with Crippen molar-refractivity contribution in [2.45, 2.75) is 32.2 Å². The van der Waals surface area contributed by atoms with Crippen molar-refractivity contribution in [1.29, 1.82) is 0 Å². The summed E-state index contributed by atoms with van der Waals surface area (Å²) in [7, 11) is 0. The van der Waals surface area contributed by atoms with Crippen molar-refractivity contribution in [2.24, 2.45) is 5.41 Å². The molecular weight excluding hydrogens is 323 g/mol. The fourth-order valence-corrected chi connectivity index (χ4v) is 3.98. The summed E-state index contributed by atoms with van der Waals surface area (Å²) in [6.07, 6.45) is 3.68. The average Bonchev–Trinajstić information content (AvgIpc) is 2.86. The highest BCUT2D eigenvalue weighted by atomic mass is 35.5. The molecule has 3 aliphatic rings. The number of piperazine rings is 1. The van der Waals surface area contributed by atoms with Gasteiger partial charge in [0.25, 0.3) is 0 Å². The van der Waals surface area contributed by atoms with Crippen molar-refractivity contribution in [3.63, 3.8) is 0 Å². The predicted octanol–water partition coefficient (Wildman–Crippen LogP) is 0.726. The molecule has 0 bridgehead atoms. The van der Waals surface area contributed by atoms with E-state index in [1.807, 2.05) is 0 Å². The molecule has 130 valence electrons. The van der Waals surface area contributed by atoms with Gasteiger partial charge < -0.3 is 20.4 Å². The lowest BCUT2D eigenvalue weighted by atomic mass is 9.88. The lowest BCUT2D eigenvalue weighted by molar-refractivity contribution is -0.135. The van der Waals surface area contributed by atoms with Gasteiger partial charge in [0.2, 0.25) is 5.91 Å². The van der Waals surface area contributed by atoms with Crippen LogP contribution in [0, 0.1) is 5.41 Å². The first-order valence-corrected chi connectivity index (χ1v) is 8.10. The number of halogens is 2. The Hall–Kier alpha value is -0.0700. The molecule has 5 nitrogen and oxygen atoms in total. The van der Waals surface area contributed by atoms with Gasteiger partial charge in [-0.2, -0.15) is 0 Å². The Kier molecular flexibility index (Phi) is 7.89. The summed E-state index contributed by atoms with van der Waals surface area (Å²) in [5.41, 5.74) is 0.426. The van der Waals surface area contributed by atoms with E-state index in [9.17, 15) is 4.79 Å². The van der Waals surface area contributed by atoms with Gasteiger partial charge in [-0.05, 0) is 37.8 Å². The Labute approximate surface area is 146 Å². The van der Waals surface area contributed by atoms with Gasteiger partial charge in [0.05, 0.1) is 6.54 Å². The molecule has 3 saturated heterocycles. The smallest absolute Gasteiger partial charge is 0.236 e. The molecule has 0 aromatic heterocycles. The average molecular weight is 353 g/mol. The van der Waals surface area contributed by atoms with Crippen LogP contribution in [-0.4, -0.2) is 74.1 Å². The molecule has 7 heteroatoms. The van der Waals surface area contributed by atoms with Crippen LogP contribution in [0.1, 0.15) is 26.2 Å². The highest BCUT2D eigenvalue weighted by Crippen LogP contribution is 2.28. The molecule has 3 aliphatic heterocycles. The highest BCUT2D eigenvalue weighted by Gasteiger charge is 2.34. The summed E-state index contributed by atoms with van der Waals surface area (Å²) in [5, 5.41) is 6.65. The summed E-state index contributed by atoms with van der Waals surface area (Å²) in [5.74, 6) is 0.289. The van der Waals surface area contributed by atoms with E-state index in [4.69, 9.17) is 0 Å². The molecule has 3 rings (SSSR count). The Morgan fingerprint density at radius 2 is 2.05 bits per heavy atom. The van der Waals surface area contributed by atoms with E-state index in [1.54, 1.807) is 0 Å². The number of amides is 1. The van der Waals surface area contributed by atoms with E-state index in [0.29, 0.717) is 18.0 Å². The normalized spacial score (nSPS) is 33.2. The topological polar surface area (TPSA) is 47.6 Å². The monoisotopic (exact) mass is 352 g/mol. The molecule has 0 aromatic carbocycles. The van der Waals surface area contributed by atoms with Crippen molar-refractivity contribution >= 4 is 30.7 Å². The van der Waals surface area contributed by atoms with E-state index in [1.165, 1.54) is 32.4 Å². The maximum atomic E-state index is 12.0. The van der Waals surface area contributed by atoms with Crippen molar-refractivity contribution in [3.8, 4) is 0 Å². The maximum absolute atomic E-state index is 12.0. The van der Waals surface area contributed by atoms with Crippen LogP contribution in [0.3, 0.4) is 0 Å².